The molecule has 25 heavy (non-hydrogen) atoms. The van der Waals surface area contributed by atoms with Gasteiger partial charge in [-0.25, -0.2) is 0 Å². The Morgan fingerprint density at radius 3 is 2.72 bits per heavy atom. The van der Waals surface area contributed by atoms with Crippen molar-refractivity contribution in [3.05, 3.63) is 64.1 Å². The topological polar surface area (TPSA) is 60.0 Å². The summed E-state index contributed by atoms with van der Waals surface area (Å²) < 4.78 is 6.78. The molecule has 2 rings (SSSR count). The van der Waals surface area contributed by atoms with E-state index in [9.17, 15) is 0 Å². The van der Waals surface area contributed by atoms with Gasteiger partial charge in [0.05, 0.1) is 12.8 Å². The summed E-state index contributed by atoms with van der Waals surface area (Å²) >= 11 is 4.93. The molecule has 0 heterocycles. The van der Waals surface area contributed by atoms with E-state index in [4.69, 9.17) is 10.5 Å². The smallest absolute Gasteiger partial charge is 0.180 e. The third kappa shape index (κ3) is 7.32. The van der Waals surface area contributed by atoms with Gasteiger partial charge in [-0.2, -0.15) is 5.10 Å². The van der Waals surface area contributed by atoms with Gasteiger partial charge in [-0.05, 0) is 29.7 Å². The zero-order valence-corrected chi connectivity index (χ0v) is 16.8. The van der Waals surface area contributed by atoms with Crippen LogP contribution in [0.3, 0.4) is 0 Å². The van der Waals surface area contributed by atoms with Gasteiger partial charge < -0.3 is 10.5 Å². The quantitative estimate of drug-likeness (QED) is 0.387. The van der Waals surface area contributed by atoms with E-state index in [2.05, 4.69) is 52.1 Å². The number of ether oxygens (including phenoxy) is 1. The van der Waals surface area contributed by atoms with E-state index in [1.807, 2.05) is 36.4 Å². The van der Waals surface area contributed by atoms with Gasteiger partial charge in [0, 0.05) is 15.8 Å². The third-order valence-electron chi connectivity index (χ3n) is 3.13. The predicted octanol–water partition coefficient (Wildman–Crippen LogP) is 5.07. The predicted molar refractivity (Wildman–Crippen MR) is 111 cm³/mol. The molecule has 0 amide bonds. The molecule has 0 aliphatic rings. The van der Waals surface area contributed by atoms with Crippen LogP contribution in [0.25, 0.3) is 0 Å². The van der Waals surface area contributed by atoms with Crippen molar-refractivity contribution in [2.45, 2.75) is 19.6 Å². The highest BCUT2D eigenvalue weighted by atomic mass is 79.9. The summed E-state index contributed by atoms with van der Waals surface area (Å²) in [7, 11) is 0. The Balaban J connectivity index is 1.98. The van der Waals surface area contributed by atoms with Gasteiger partial charge in [0.15, 0.2) is 5.17 Å². The lowest BCUT2D eigenvalue weighted by Crippen LogP contribution is -2.07. The molecule has 0 fully saturated rings. The fourth-order valence-corrected chi connectivity index (χ4v) is 2.91. The average molecular weight is 420 g/mol. The Bertz CT molecular complexity index is 733. The number of hydrogen-bond acceptors (Lipinski definition) is 4. The highest BCUT2D eigenvalue weighted by Gasteiger charge is 2.04. The van der Waals surface area contributed by atoms with Crippen LogP contribution in [0, 0.1) is 5.92 Å². The van der Waals surface area contributed by atoms with Crippen molar-refractivity contribution in [1.82, 2.24) is 0 Å². The Morgan fingerprint density at radius 1 is 1.24 bits per heavy atom. The summed E-state index contributed by atoms with van der Waals surface area (Å²) in [6.07, 6.45) is 1.66. The van der Waals surface area contributed by atoms with E-state index in [0.29, 0.717) is 17.7 Å². The van der Waals surface area contributed by atoms with Gasteiger partial charge in [0.25, 0.3) is 0 Å². The van der Waals surface area contributed by atoms with Crippen LogP contribution in [0.2, 0.25) is 0 Å². The van der Waals surface area contributed by atoms with E-state index < -0.39 is 0 Å². The molecular formula is C19H22BrN3OS. The second-order valence-electron chi connectivity index (χ2n) is 5.84. The van der Waals surface area contributed by atoms with Crippen LogP contribution in [0.1, 0.15) is 25.0 Å². The fourth-order valence-electron chi connectivity index (χ4n) is 1.92. The van der Waals surface area contributed by atoms with Crippen molar-refractivity contribution in [3.8, 4) is 5.75 Å². The lowest BCUT2D eigenvalue weighted by Gasteiger charge is -2.11. The molecule has 0 atom stereocenters. The molecule has 0 aliphatic carbocycles. The van der Waals surface area contributed by atoms with Crippen LogP contribution >= 0.6 is 27.7 Å². The number of nitrogens with two attached hydrogens (primary N) is 1. The second kappa shape index (κ2) is 10.3. The highest BCUT2D eigenvalue weighted by molar-refractivity contribution is 9.10. The summed E-state index contributed by atoms with van der Waals surface area (Å²) in [5, 5.41) is 8.59. The summed E-state index contributed by atoms with van der Waals surface area (Å²) in [4.78, 5) is 0. The highest BCUT2D eigenvalue weighted by Crippen LogP contribution is 2.22. The molecular weight excluding hydrogens is 398 g/mol. The molecule has 0 spiro atoms. The summed E-state index contributed by atoms with van der Waals surface area (Å²) in [6.45, 7) is 4.88. The minimum absolute atomic E-state index is 0.430. The van der Waals surface area contributed by atoms with Crippen LogP contribution in [-0.2, 0) is 5.75 Å². The van der Waals surface area contributed by atoms with E-state index in [1.54, 1.807) is 6.21 Å². The van der Waals surface area contributed by atoms with E-state index in [0.717, 1.165) is 21.5 Å². The lowest BCUT2D eigenvalue weighted by atomic mass is 10.2. The van der Waals surface area contributed by atoms with Crippen LogP contribution in [0.5, 0.6) is 5.75 Å². The molecule has 0 radical (unpaired) electrons. The normalized spacial score (nSPS) is 12.1. The molecule has 0 aliphatic heterocycles. The average Bonchev–Trinajstić information content (AvgIpc) is 2.60. The standard InChI is InChI=1S/C19H22BrN3OS/c1-14(2)12-24-18-9-8-17(20)10-16(18)11-22-23-19(21)25-13-15-6-4-3-5-7-15/h3-11,14H,12-13H2,1-2H3,(H2,21,23). The molecule has 2 aromatic carbocycles. The monoisotopic (exact) mass is 419 g/mol. The number of nitrogens with zero attached hydrogens (tertiary/aromatic N) is 2. The summed E-state index contributed by atoms with van der Waals surface area (Å²) in [5.41, 5.74) is 7.97. The summed E-state index contributed by atoms with van der Waals surface area (Å²) in [5.74, 6) is 2.01. The number of benzene rings is 2. The number of thioether (sulfide) groups is 1. The van der Waals surface area contributed by atoms with Crippen molar-refractivity contribution in [2.75, 3.05) is 6.61 Å². The molecule has 0 bridgehead atoms. The van der Waals surface area contributed by atoms with Gasteiger partial charge in [-0.15, -0.1) is 5.10 Å². The zero-order chi connectivity index (χ0) is 18.1. The van der Waals surface area contributed by atoms with Gasteiger partial charge in [0.2, 0.25) is 0 Å². The van der Waals surface area contributed by atoms with Crippen LogP contribution in [-0.4, -0.2) is 18.0 Å². The molecule has 0 saturated carbocycles. The largest absolute Gasteiger partial charge is 0.493 e. The van der Waals surface area contributed by atoms with Crippen LogP contribution < -0.4 is 10.5 Å². The molecule has 0 aromatic heterocycles. The van der Waals surface area contributed by atoms with Gasteiger partial charge in [-0.3, -0.25) is 0 Å². The first kappa shape index (κ1) is 19.5. The number of halogens is 1. The van der Waals surface area contributed by atoms with Gasteiger partial charge in [0.1, 0.15) is 5.75 Å². The Labute approximate surface area is 161 Å². The van der Waals surface area contributed by atoms with Crippen molar-refractivity contribution in [2.24, 2.45) is 21.9 Å². The molecule has 132 valence electrons. The lowest BCUT2D eigenvalue weighted by molar-refractivity contribution is 0.270. The molecule has 2 aromatic rings. The van der Waals surface area contributed by atoms with E-state index in [-0.39, 0.29) is 0 Å². The first-order valence-corrected chi connectivity index (χ1v) is 9.78. The Hall–Kier alpha value is -1.79. The zero-order valence-electron chi connectivity index (χ0n) is 14.4. The number of hydrogen-bond donors (Lipinski definition) is 1. The van der Waals surface area contributed by atoms with Crippen LogP contribution in [0.4, 0.5) is 0 Å². The molecule has 6 heteroatoms. The summed E-state index contributed by atoms with van der Waals surface area (Å²) in [6, 6.07) is 15.9. The van der Waals surface area contributed by atoms with Crippen molar-refractivity contribution < 1.29 is 4.74 Å². The minimum atomic E-state index is 0.430. The van der Waals surface area contributed by atoms with Crippen molar-refractivity contribution in [3.63, 3.8) is 0 Å². The first-order chi connectivity index (χ1) is 12.0. The molecule has 0 saturated heterocycles. The number of rotatable bonds is 7. The minimum Gasteiger partial charge on any atom is -0.493 e. The third-order valence-corrected chi connectivity index (χ3v) is 4.48. The van der Waals surface area contributed by atoms with Gasteiger partial charge in [-0.1, -0.05) is 71.9 Å². The SMILES string of the molecule is CC(C)COc1ccc(Br)cc1C=NN=C(N)SCc1ccccc1. The fraction of sp³-hybridized carbons (Fsp3) is 0.263. The molecule has 0 unspecified atom stereocenters. The Morgan fingerprint density at radius 2 is 2.00 bits per heavy atom. The molecule has 4 nitrogen and oxygen atoms in total. The van der Waals surface area contributed by atoms with Crippen molar-refractivity contribution >= 4 is 39.1 Å². The van der Waals surface area contributed by atoms with E-state index >= 15 is 0 Å². The maximum atomic E-state index is 5.91. The van der Waals surface area contributed by atoms with Gasteiger partial charge >= 0.3 is 0 Å². The number of amidine groups is 1. The second-order valence-corrected chi connectivity index (χ2v) is 7.76. The van der Waals surface area contributed by atoms with Crippen LogP contribution in [0.15, 0.2) is 63.2 Å². The Kier molecular flexibility index (Phi) is 8.01. The molecule has 2 N–H and O–H groups in total. The maximum absolute atomic E-state index is 5.91. The first-order valence-electron chi connectivity index (χ1n) is 8.00. The van der Waals surface area contributed by atoms with Crippen molar-refractivity contribution in [1.29, 1.82) is 0 Å². The van der Waals surface area contributed by atoms with E-state index in [1.165, 1.54) is 17.3 Å². The maximum Gasteiger partial charge on any atom is 0.180 e.